The number of hydrogen-bond acceptors (Lipinski definition) is 5. The lowest BCUT2D eigenvalue weighted by molar-refractivity contribution is -0.120. The van der Waals surface area contributed by atoms with Crippen molar-refractivity contribution in [1.82, 2.24) is 14.9 Å². The summed E-state index contributed by atoms with van der Waals surface area (Å²) in [6.07, 6.45) is 4.31. The van der Waals surface area contributed by atoms with Crippen molar-refractivity contribution in [2.45, 2.75) is 19.5 Å². The Balaban J connectivity index is 1.73. The average Bonchev–Trinajstić information content (AvgIpc) is 3.36. The lowest BCUT2D eigenvalue weighted by atomic mass is 10.1. The van der Waals surface area contributed by atoms with Gasteiger partial charge in [0, 0.05) is 29.5 Å². The van der Waals surface area contributed by atoms with E-state index >= 15 is 0 Å². The summed E-state index contributed by atoms with van der Waals surface area (Å²) in [5.74, 6) is -1.23. The Morgan fingerprint density at radius 1 is 1.06 bits per heavy atom. The van der Waals surface area contributed by atoms with Gasteiger partial charge in [-0.25, -0.2) is 9.37 Å². The zero-order chi connectivity index (χ0) is 23.2. The molecule has 2 aromatic carbocycles. The first-order valence-corrected chi connectivity index (χ1v) is 11.1. The number of hydrogen-bond donors (Lipinski definition) is 1. The van der Waals surface area contributed by atoms with Crippen molar-refractivity contribution >= 4 is 28.8 Å². The quantitative estimate of drug-likeness (QED) is 0.421. The van der Waals surface area contributed by atoms with Gasteiger partial charge in [-0.3, -0.25) is 14.6 Å². The SMILES string of the molecule is Cc1ccc(CN(C(=O)c2cnccn2)C(C(=O)Nc2ccc(F)cc2)c2cccs2)cc1. The summed E-state index contributed by atoms with van der Waals surface area (Å²) < 4.78 is 13.3. The Morgan fingerprint density at radius 3 is 2.45 bits per heavy atom. The van der Waals surface area contributed by atoms with Crippen molar-refractivity contribution in [2.24, 2.45) is 0 Å². The van der Waals surface area contributed by atoms with E-state index in [-0.39, 0.29) is 12.2 Å². The van der Waals surface area contributed by atoms with Gasteiger partial charge in [-0.1, -0.05) is 35.9 Å². The number of anilines is 1. The summed E-state index contributed by atoms with van der Waals surface area (Å²) in [4.78, 5) is 37.4. The van der Waals surface area contributed by atoms with Gasteiger partial charge in [0.15, 0.2) is 0 Å². The third-order valence-electron chi connectivity index (χ3n) is 5.00. The zero-order valence-corrected chi connectivity index (χ0v) is 18.6. The van der Waals surface area contributed by atoms with E-state index in [2.05, 4.69) is 15.3 Å². The Kier molecular flexibility index (Phi) is 6.85. The van der Waals surface area contributed by atoms with Crippen LogP contribution in [0.25, 0.3) is 0 Å². The molecular formula is C25H21FN4O2S. The number of rotatable bonds is 7. The summed E-state index contributed by atoms with van der Waals surface area (Å²) in [6, 6.07) is 16.0. The molecule has 1 atom stereocenters. The van der Waals surface area contributed by atoms with Gasteiger partial charge >= 0.3 is 0 Å². The van der Waals surface area contributed by atoms with E-state index in [4.69, 9.17) is 0 Å². The fraction of sp³-hybridized carbons (Fsp3) is 0.120. The molecule has 0 bridgehead atoms. The molecule has 2 amide bonds. The lowest BCUT2D eigenvalue weighted by Gasteiger charge is -2.30. The van der Waals surface area contributed by atoms with Gasteiger partial charge in [0.2, 0.25) is 0 Å². The molecule has 0 saturated carbocycles. The maximum atomic E-state index is 13.6. The fourth-order valence-electron chi connectivity index (χ4n) is 3.34. The largest absolute Gasteiger partial charge is 0.324 e. The van der Waals surface area contributed by atoms with Gasteiger partial charge in [-0.2, -0.15) is 0 Å². The van der Waals surface area contributed by atoms with Crippen LogP contribution in [0.4, 0.5) is 10.1 Å². The molecule has 0 aliphatic carbocycles. The highest BCUT2D eigenvalue weighted by molar-refractivity contribution is 7.10. The number of amides is 2. The highest BCUT2D eigenvalue weighted by Crippen LogP contribution is 2.30. The molecule has 0 saturated heterocycles. The van der Waals surface area contributed by atoms with Crippen LogP contribution in [-0.4, -0.2) is 26.7 Å². The highest BCUT2D eigenvalue weighted by atomic mass is 32.1. The molecule has 0 spiro atoms. The van der Waals surface area contributed by atoms with Crippen LogP contribution in [0, 0.1) is 12.7 Å². The van der Waals surface area contributed by atoms with E-state index in [1.54, 1.807) is 0 Å². The predicted molar refractivity (Wildman–Crippen MR) is 125 cm³/mol. The standard InChI is InChI=1S/C25H21FN4O2S/c1-17-4-6-18(7-5-17)16-30(25(32)21-15-27-12-13-28-21)23(22-3-2-14-33-22)24(31)29-20-10-8-19(26)9-11-20/h2-15,23H,16H2,1H3,(H,29,31). The topological polar surface area (TPSA) is 75.2 Å². The number of aryl methyl sites for hydroxylation is 1. The fourth-order valence-corrected chi connectivity index (χ4v) is 4.18. The van der Waals surface area contributed by atoms with Crippen LogP contribution >= 0.6 is 11.3 Å². The minimum atomic E-state index is -0.925. The number of nitrogens with one attached hydrogen (secondary N) is 1. The molecule has 0 aliphatic rings. The maximum Gasteiger partial charge on any atom is 0.275 e. The Labute approximate surface area is 194 Å². The van der Waals surface area contributed by atoms with Crippen LogP contribution in [0.15, 0.2) is 84.6 Å². The molecule has 6 nitrogen and oxygen atoms in total. The molecule has 1 N–H and O–H groups in total. The molecule has 8 heteroatoms. The van der Waals surface area contributed by atoms with Crippen molar-refractivity contribution in [1.29, 1.82) is 0 Å². The van der Waals surface area contributed by atoms with Crippen LogP contribution < -0.4 is 5.32 Å². The molecule has 2 heterocycles. The monoisotopic (exact) mass is 460 g/mol. The Bertz CT molecular complexity index is 1210. The van der Waals surface area contributed by atoms with Crippen LogP contribution in [0.5, 0.6) is 0 Å². The van der Waals surface area contributed by atoms with Gasteiger partial charge in [0.25, 0.3) is 11.8 Å². The molecular weight excluding hydrogens is 439 g/mol. The van der Waals surface area contributed by atoms with Crippen molar-refractivity contribution < 1.29 is 14.0 Å². The summed E-state index contributed by atoms with van der Waals surface area (Å²) >= 11 is 1.38. The smallest absolute Gasteiger partial charge is 0.275 e. The molecule has 4 aromatic rings. The zero-order valence-electron chi connectivity index (χ0n) is 17.8. The lowest BCUT2D eigenvalue weighted by Crippen LogP contribution is -2.41. The number of carbonyl (C=O) groups is 2. The molecule has 4 rings (SSSR count). The average molecular weight is 461 g/mol. The highest BCUT2D eigenvalue weighted by Gasteiger charge is 2.33. The van der Waals surface area contributed by atoms with Crippen LogP contribution in [0.2, 0.25) is 0 Å². The van der Waals surface area contributed by atoms with E-state index in [1.165, 1.54) is 59.1 Å². The van der Waals surface area contributed by atoms with Crippen molar-refractivity contribution in [3.63, 3.8) is 0 Å². The maximum absolute atomic E-state index is 13.6. The van der Waals surface area contributed by atoms with E-state index < -0.39 is 23.7 Å². The summed E-state index contributed by atoms with van der Waals surface area (Å²) in [5, 5.41) is 4.66. The second-order valence-corrected chi connectivity index (χ2v) is 8.40. The molecule has 33 heavy (non-hydrogen) atoms. The molecule has 0 radical (unpaired) electrons. The van der Waals surface area contributed by atoms with Gasteiger partial charge in [-0.15, -0.1) is 11.3 Å². The summed E-state index contributed by atoms with van der Waals surface area (Å²) in [7, 11) is 0. The molecule has 2 aromatic heterocycles. The van der Waals surface area contributed by atoms with Gasteiger partial charge in [-0.05, 0) is 48.2 Å². The van der Waals surface area contributed by atoms with Crippen LogP contribution in [0.3, 0.4) is 0 Å². The Hall–Kier alpha value is -3.91. The summed E-state index contributed by atoms with van der Waals surface area (Å²) in [5.41, 5.74) is 2.54. The minimum Gasteiger partial charge on any atom is -0.324 e. The van der Waals surface area contributed by atoms with Crippen molar-refractivity contribution in [3.05, 3.63) is 112 Å². The third-order valence-corrected chi connectivity index (χ3v) is 5.93. The van der Waals surface area contributed by atoms with E-state index in [9.17, 15) is 14.0 Å². The van der Waals surface area contributed by atoms with Crippen molar-refractivity contribution in [3.8, 4) is 0 Å². The van der Waals surface area contributed by atoms with E-state index in [0.717, 1.165) is 11.1 Å². The van der Waals surface area contributed by atoms with Gasteiger partial charge in [0.1, 0.15) is 17.6 Å². The van der Waals surface area contributed by atoms with Gasteiger partial charge < -0.3 is 10.2 Å². The van der Waals surface area contributed by atoms with E-state index in [0.29, 0.717) is 10.6 Å². The molecule has 1 unspecified atom stereocenters. The second kappa shape index (κ2) is 10.1. The number of nitrogens with zero attached hydrogens (tertiary/aromatic N) is 3. The number of carbonyl (C=O) groups excluding carboxylic acids is 2. The predicted octanol–water partition coefficient (Wildman–Crippen LogP) is 5.01. The minimum absolute atomic E-state index is 0.140. The number of benzene rings is 2. The molecule has 0 fully saturated rings. The first-order chi connectivity index (χ1) is 16.0. The first kappa shape index (κ1) is 22.3. The van der Waals surface area contributed by atoms with Crippen LogP contribution in [-0.2, 0) is 11.3 Å². The molecule has 0 aliphatic heterocycles. The molecule has 166 valence electrons. The van der Waals surface area contributed by atoms with Crippen LogP contribution in [0.1, 0.15) is 32.5 Å². The normalized spacial score (nSPS) is 11.6. The van der Waals surface area contributed by atoms with E-state index in [1.807, 2.05) is 48.7 Å². The second-order valence-electron chi connectivity index (χ2n) is 7.42. The Morgan fingerprint density at radius 2 is 1.82 bits per heavy atom. The number of aromatic nitrogens is 2. The first-order valence-electron chi connectivity index (χ1n) is 10.2. The van der Waals surface area contributed by atoms with Gasteiger partial charge in [0.05, 0.1) is 6.20 Å². The number of halogens is 1. The summed E-state index contributed by atoms with van der Waals surface area (Å²) in [6.45, 7) is 2.17. The third kappa shape index (κ3) is 5.48. The van der Waals surface area contributed by atoms with Crippen molar-refractivity contribution in [2.75, 3.05) is 5.32 Å². The number of thiophene rings is 1.